The molecule has 2 aromatic heterocycles. The Labute approximate surface area is 152 Å². The van der Waals surface area contributed by atoms with Crippen LogP contribution >= 0.6 is 0 Å². The second-order valence-corrected chi connectivity index (χ2v) is 5.60. The Morgan fingerprint density at radius 3 is 2.48 bits per heavy atom. The molecular formula is C19H13FN4O3. The summed E-state index contributed by atoms with van der Waals surface area (Å²) in [6.45, 7) is 0. The summed E-state index contributed by atoms with van der Waals surface area (Å²) < 4.78 is 24.9. The fourth-order valence-electron chi connectivity index (χ4n) is 2.47. The van der Waals surface area contributed by atoms with Gasteiger partial charge in [0.15, 0.2) is 5.69 Å². The van der Waals surface area contributed by atoms with E-state index in [0.717, 1.165) is 5.69 Å². The fourth-order valence-corrected chi connectivity index (χ4v) is 2.47. The van der Waals surface area contributed by atoms with Crippen molar-refractivity contribution in [1.29, 1.82) is 0 Å². The third-order valence-corrected chi connectivity index (χ3v) is 3.88. The molecule has 0 aliphatic rings. The molecule has 8 heteroatoms. The molecule has 0 saturated heterocycles. The molecule has 0 amide bonds. The summed E-state index contributed by atoms with van der Waals surface area (Å²) in [7, 11) is 1.58. The smallest absolute Gasteiger partial charge is 0.282 e. The normalized spacial score (nSPS) is 10.7. The van der Waals surface area contributed by atoms with Crippen molar-refractivity contribution in [2.45, 2.75) is 0 Å². The number of halogens is 1. The van der Waals surface area contributed by atoms with E-state index in [9.17, 15) is 9.18 Å². The Morgan fingerprint density at radius 1 is 1.04 bits per heavy atom. The summed E-state index contributed by atoms with van der Waals surface area (Å²) in [5.41, 5.74) is 0.969. The molecule has 7 nitrogen and oxygen atoms in total. The van der Waals surface area contributed by atoms with Crippen LogP contribution in [0.25, 0.3) is 28.7 Å². The van der Waals surface area contributed by atoms with E-state index in [0.29, 0.717) is 11.3 Å². The summed E-state index contributed by atoms with van der Waals surface area (Å²) >= 11 is 0. The van der Waals surface area contributed by atoms with Gasteiger partial charge in [0, 0.05) is 17.8 Å². The number of methoxy groups -OCH3 is 1. The Kier molecular flexibility index (Phi) is 4.21. The van der Waals surface area contributed by atoms with Crippen LogP contribution in [0.2, 0.25) is 0 Å². The van der Waals surface area contributed by atoms with Gasteiger partial charge in [0.05, 0.1) is 12.8 Å². The molecule has 0 saturated carbocycles. The van der Waals surface area contributed by atoms with Gasteiger partial charge in [0.1, 0.15) is 11.6 Å². The van der Waals surface area contributed by atoms with E-state index in [-0.39, 0.29) is 28.7 Å². The van der Waals surface area contributed by atoms with E-state index < -0.39 is 0 Å². The zero-order chi connectivity index (χ0) is 18.8. The molecule has 2 aromatic carbocycles. The van der Waals surface area contributed by atoms with Crippen molar-refractivity contribution in [3.05, 3.63) is 76.8 Å². The second kappa shape index (κ2) is 6.83. The Balaban J connectivity index is 1.71. The predicted octanol–water partition coefficient (Wildman–Crippen LogP) is 3.10. The van der Waals surface area contributed by atoms with Gasteiger partial charge in [0.2, 0.25) is 11.3 Å². The van der Waals surface area contributed by atoms with Crippen LogP contribution < -0.4 is 10.2 Å². The first kappa shape index (κ1) is 16.6. The van der Waals surface area contributed by atoms with Crippen molar-refractivity contribution in [3.63, 3.8) is 0 Å². The fraction of sp³-hybridized carbons (Fsp3) is 0.0526. The number of hydrogen-bond acceptors (Lipinski definition) is 6. The molecule has 27 heavy (non-hydrogen) atoms. The minimum absolute atomic E-state index is 0.0119. The Morgan fingerprint density at radius 2 is 1.78 bits per heavy atom. The van der Waals surface area contributed by atoms with Gasteiger partial charge in [0.25, 0.3) is 5.89 Å². The first-order valence-corrected chi connectivity index (χ1v) is 7.98. The molecule has 4 aromatic rings. The molecule has 0 radical (unpaired) electrons. The summed E-state index contributed by atoms with van der Waals surface area (Å²) in [6, 6.07) is 14.2. The molecule has 0 bridgehead atoms. The number of nitrogens with zero attached hydrogens (tertiary/aromatic N) is 4. The number of hydrogen-bond donors (Lipinski definition) is 0. The zero-order valence-electron chi connectivity index (χ0n) is 14.2. The third-order valence-electron chi connectivity index (χ3n) is 3.88. The molecule has 134 valence electrons. The highest BCUT2D eigenvalue weighted by Crippen LogP contribution is 2.20. The molecule has 0 fully saturated rings. The average Bonchev–Trinajstić information content (AvgIpc) is 3.19. The van der Waals surface area contributed by atoms with E-state index in [4.69, 9.17) is 9.26 Å². The molecule has 0 unspecified atom stereocenters. The van der Waals surface area contributed by atoms with Gasteiger partial charge in [-0.25, -0.2) is 9.07 Å². The Bertz CT molecular complexity index is 1130. The number of benzene rings is 2. The molecule has 0 spiro atoms. The van der Waals surface area contributed by atoms with E-state index in [1.165, 1.54) is 35.0 Å². The minimum atomic E-state index is -0.366. The van der Waals surface area contributed by atoms with Gasteiger partial charge >= 0.3 is 0 Å². The third kappa shape index (κ3) is 3.32. The molecular weight excluding hydrogens is 351 g/mol. The number of aromatic nitrogens is 4. The molecule has 4 rings (SSSR count). The van der Waals surface area contributed by atoms with Crippen LogP contribution in [0, 0.1) is 5.82 Å². The highest BCUT2D eigenvalue weighted by Gasteiger charge is 2.16. The van der Waals surface area contributed by atoms with Crippen LogP contribution in [-0.4, -0.2) is 27.0 Å². The molecule has 0 atom stereocenters. The molecule has 0 aliphatic carbocycles. The lowest BCUT2D eigenvalue weighted by Crippen LogP contribution is -2.12. The minimum Gasteiger partial charge on any atom is -0.497 e. The van der Waals surface area contributed by atoms with Gasteiger partial charge in [-0.1, -0.05) is 5.16 Å². The van der Waals surface area contributed by atoms with E-state index in [1.807, 2.05) is 0 Å². The molecule has 2 heterocycles. The summed E-state index contributed by atoms with van der Waals surface area (Å²) in [6.07, 6.45) is 1.55. The van der Waals surface area contributed by atoms with Crippen LogP contribution in [0.5, 0.6) is 5.75 Å². The van der Waals surface area contributed by atoms with Crippen molar-refractivity contribution < 1.29 is 13.7 Å². The maximum atomic E-state index is 13.1. The lowest BCUT2D eigenvalue weighted by atomic mass is 10.2. The summed E-state index contributed by atoms with van der Waals surface area (Å²) in [4.78, 5) is 16.4. The van der Waals surface area contributed by atoms with Gasteiger partial charge in [-0.2, -0.15) is 10.1 Å². The number of ether oxygens (including phenoxy) is 1. The van der Waals surface area contributed by atoms with Crippen molar-refractivity contribution in [3.8, 4) is 34.4 Å². The monoisotopic (exact) mass is 364 g/mol. The highest BCUT2D eigenvalue weighted by atomic mass is 19.1. The average molecular weight is 364 g/mol. The quantitative estimate of drug-likeness (QED) is 0.553. The van der Waals surface area contributed by atoms with E-state index in [2.05, 4.69) is 15.2 Å². The molecule has 0 N–H and O–H groups in total. The van der Waals surface area contributed by atoms with E-state index >= 15 is 0 Å². The topological polar surface area (TPSA) is 83.0 Å². The van der Waals surface area contributed by atoms with Gasteiger partial charge in [-0.3, -0.25) is 4.79 Å². The van der Waals surface area contributed by atoms with Gasteiger partial charge in [-0.15, -0.1) is 0 Å². The van der Waals surface area contributed by atoms with Crippen LogP contribution in [0.15, 0.2) is 70.1 Å². The lowest BCUT2D eigenvalue weighted by molar-refractivity contribution is 0.414. The van der Waals surface area contributed by atoms with Crippen molar-refractivity contribution >= 4 is 0 Å². The van der Waals surface area contributed by atoms with Gasteiger partial charge in [-0.05, 0) is 48.5 Å². The van der Waals surface area contributed by atoms with Crippen molar-refractivity contribution in [2.75, 3.05) is 7.11 Å². The largest absolute Gasteiger partial charge is 0.497 e. The predicted molar refractivity (Wildman–Crippen MR) is 95.1 cm³/mol. The van der Waals surface area contributed by atoms with Crippen molar-refractivity contribution in [2.24, 2.45) is 0 Å². The zero-order valence-corrected chi connectivity index (χ0v) is 14.2. The van der Waals surface area contributed by atoms with Crippen LogP contribution in [-0.2, 0) is 0 Å². The van der Waals surface area contributed by atoms with Crippen molar-refractivity contribution in [1.82, 2.24) is 19.9 Å². The SMILES string of the molecule is COc1ccc(-n2ccc(=O)c(-c3nc(-c4ccc(F)cc4)no3)n2)cc1. The van der Waals surface area contributed by atoms with Gasteiger partial charge < -0.3 is 9.26 Å². The van der Waals surface area contributed by atoms with Crippen LogP contribution in [0.4, 0.5) is 4.39 Å². The standard InChI is InChI=1S/C19H13FN4O3/c1-26-15-8-6-14(7-9-15)24-11-10-16(25)17(22-24)19-21-18(23-27-19)12-2-4-13(20)5-3-12/h2-11H,1H3. The summed E-state index contributed by atoms with van der Waals surface area (Å²) in [5, 5.41) is 8.14. The van der Waals surface area contributed by atoms with Crippen LogP contribution in [0.3, 0.4) is 0 Å². The van der Waals surface area contributed by atoms with E-state index in [1.54, 1.807) is 37.6 Å². The maximum Gasteiger partial charge on any atom is 0.282 e. The first-order chi connectivity index (χ1) is 13.1. The number of rotatable bonds is 4. The lowest BCUT2D eigenvalue weighted by Gasteiger charge is -2.06. The first-order valence-electron chi connectivity index (χ1n) is 7.98. The molecule has 0 aliphatic heterocycles. The Hall–Kier alpha value is -3.81. The van der Waals surface area contributed by atoms with Crippen LogP contribution in [0.1, 0.15) is 0 Å². The maximum absolute atomic E-state index is 13.1. The summed E-state index contributed by atoms with van der Waals surface area (Å²) in [5.74, 6) is 0.573. The second-order valence-electron chi connectivity index (χ2n) is 5.60. The highest BCUT2D eigenvalue weighted by molar-refractivity contribution is 5.57.